The number of allylic oxidation sites excluding steroid dienone is 1. The van der Waals surface area contributed by atoms with Crippen LogP contribution in [0, 0.1) is 0 Å². The van der Waals surface area contributed by atoms with Gasteiger partial charge in [0.15, 0.2) is 0 Å². The van der Waals surface area contributed by atoms with Crippen LogP contribution < -0.4 is 10.2 Å². The van der Waals surface area contributed by atoms with E-state index in [1.165, 1.54) is 23.3 Å². The molecule has 1 saturated heterocycles. The molecule has 0 saturated carbocycles. The molecule has 0 radical (unpaired) electrons. The fourth-order valence-corrected chi connectivity index (χ4v) is 6.01. The molecular formula is C29H30N4O3. The number of hydrogen-bond acceptors (Lipinski definition) is 3. The van der Waals surface area contributed by atoms with E-state index in [-0.39, 0.29) is 23.9 Å². The first-order valence-electron chi connectivity index (χ1n) is 12.9. The van der Waals surface area contributed by atoms with Gasteiger partial charge in [-0.05, 0) is 62.8 Å². The van der Waals surface area contributed by atoms with Crippen molar-refractivity contribution in [3.05, 3.63) is 77.0 Å². The first-order valence-corrected chi connectivity index (χ1v) is 12.9. The zero-order valence-corrected chi connectivity index (χ0v) is 20.4. The summed E-state index contributed by atoms with van der Waals surface area (Å²) in [5.74, 6) is -0.549. The summed E-state index contributed by atoms with van der Waals surface area (Å²) in [6.07, 6.45) is 8.21. The molecule has 7 nitrogen and oxygen atoms in total. The van der Waals surface area contributed by atoms with Gasteiger partial charge >= 0.3 is 6.03 Å². The Morgan fingerprint density at radius 1 is 1.08 bits per heavy atom. The molecule has 3 aromatic rings. The standard InChI is InChI=1S/C29H30N4O3/c1-18-26-22(20-11-5-7-13-23(20)31-26)17-25-28(35)33(29(36)32(18)25)24-14-8-6-12-21(24)27(34)30-16-15-19-9-3-2-4-10-19/h5-9,11-14,18,25,31H,2-4,10,15-17H2,1H3,(H,30,34). The lowest BCUT2D eigenvalue weighted by molar-refractivity contribution is -0.120. The minimum Gasteiger partial charge on any atom is -0.356 e. The van der Waals surface area contributed by atoms with Gasteiger partial charge in [-0.3, -0.25) is 9.59 Å². The molecule has 0 bridgehead atoms. The van der Waals surface area contributed by atoms with E-state index >= 15 is 0 Å². The molecule has 2 atom stereocenters. The highest BCUT2D eigenvalue weighted by Gasteiger charge is 2.52. The van der Waals surface area contributed by atoms with Gasteiger partial charge in [0, 0.05) is 29.6 Å². The molecule has 1 fully saturated rings. The molecule has 2 aromatic carbocycles. The number of fused-ring (bicyclic) bond motifs is 4. The average molecular weight is 483 g/mol. The largest absolute Gasteiger partial charge is 0.356 e. The highest BCUT2D eigenvalue weighted by molar-refractivity contribution is 6.24. The van der Waals surface area contributed by atoms with Crippen molar-refractivity contribution < 1.29 is 14.4 Å². The normalized spacial score (nSPS) is 21.4. The maximum absolute atomic E-state index is 13.7. The predicted molar refractivity (Wildman–Crippen MR) is 139 cm³/mol. The smallest absolute Gasteiger partial charge is 0.332 e. The maximum Gasteiger partial charge on any atom is 0.332 e. The summed E-state index contributed by atoms with van der Waals surface area (Å²) in [6.45, 7) is 2.49. The van der Waals surface area contributed by atoms with Crippen LogP contribution in [0.1, 0.15) is 66.7 Å². The summed E-state index contributed by atoms with van der Waals surface area (Å²) in [5, 5.41) is 4.08. The van der Waals surface area contributed by atoms with E-state index in [0.717, 1.165) is 41.4 Å². The number of imide groups is 1. The molecule has 2 N–H and O–H groups in total. The van der Waals surface area contributed by atoms with E-state index in [2.05, 4.69) is 22.4 Å². The Kier molecular flexibility index (Phi) is 5.63. The number of benzene rings is 2. The minimum atomic E-state index is -0.589. The van der Waals surface area contributed by atoms with Crippen LogP contribution in [0.25, 0.3) is 10.9 Å². The van der Waals surface area contributed by atoms with Crippen molar-refractivity contribution in [1.82, 2.24) is 15.2 Å². The predicted octanol–water partition coefficient (Wildman–Crippen LogP) is 5.24. The summed E-state index contributed by atoms with van der Waals surface area (Å²) >= 11 is 0. The van der Waals surface area contributed by atoms with E-state index in [1.54, 1.807) is 29.2 Å². The lowest BCUT2D eigenvalue weighted by atomic mass is 9.93. The van der Waals surface area contributed by atoms with Crippen molar-refractivity contribution in [2.24, 2.45) is 0 Å². The summed E-state index contributed by atoms with van der Waals surface area (Å²) < 4.78 is 0. The van der Waals surface area contributed by atoms with E-state index in [1.807, 2.05) is 25.1 Å². The second kappa shape index (κ2) is 8.97. The maximum atomic E-state index is 13.7. The lowest BCUT2D eigenvalue weighted by Crippen LogP contribution is -2.42. The third kappa shape index (κ3) is 3.61. The summed E-state index contributed by atoms with van der Waals surface area (Å²) in [5.41, 5.74) is 5.15. The Morgan fingerprint density at radius 2 is 1.89 bits per heavy atom. The van der Waals surface area contributed by atoms with Gasteiger partial charge in [-0.2, -0.15) is 0 Å². The Hall–Kier alpha value is -3.87. The molecule has 184 valence electrons. The molecule has 2 unspecified atom stereocenters. The molecular weight excluding hydrogens is 452 g/mol. The number of aromatic amines is 1. The molecule has 3 aliphatic rings. The van der Waals surface area contributed by atoms with Crippen LogP contribution in [0.2, 0.25) is 0 Å². The van der Waals surface area contributed by atoms with Crippen molar-refractivity contribution in [1.29, 1.82) is 0 Å². The summed E-state index contributed by atoms with van der Waals surface area (Å²) in [7, 11) is 0. The number of carbonyl (C=O) groups is 3. The van der Waals surface area contributed by atoms with Gasteiger partial charge in [-0.15, -0.1) is 0 Å². The quantitative estimate of drug-likeness (QED) is 0.385. The summed E-state index contributed by atoms with van der Waals surface area (Å²) in [6, 6.07) is 13.7. The van der Waals surface area contributed by atoms with Crippen LogP contribution in [0.3, 0.4) is 0 Å². The first kappa shape index (κ1) is 22.6. The van der Waals surface area contributed by atoms with Crippen LogP contribution in [0.15, 0.2) is 60.2 Å². The number of rotatable bonds is 5. The number of nitrogens with zero attached hydrogens (tertiary/aromatic N) is 2. The number of H-pyrrole nitrogens is 1. The Bertz CT molecular complexity index is 1400. The molecule has 6 rings (SSSR count). The van der Waals surface area contributed by atoms with Gasteiger partial charge in [-0.25, -0.2) is 9.69 Å². The highest BCUT2D eigenvalue weighted by Crippen LogP contribution is 2.42. The monoisotopic (exact) mass is 482 g/mol. The number of hydrogen-bond donors (Lipinski definition) is 2. The number of carbonyl (C=O) groups excluding carboxylic acids is 3. The molecule has 4 amide bonds. The number of para-hydroxylation sites is 2. The van der Waals surface area contributed by atoms with Crippen LogP contribution in [0.4, 0.5) is 10.5 Å². The highest BCUT2D eigenvalue weighted by atomic mass is 16.2. The average Bonchev–Trinajstić information content (AvgIpc) is 3.40. The molecule has 3 heterocycles. The minimum absolute atomic E-state index is 0.267. The zero-order chi connectivity index (χ0) is 24.8. The van der Waals surface area contributed by atoms with Gasteiger partial charge in [0.25, 0.3) is 11.8 Å². The van der Waals surface area contributed by atoms with Crippen LogP contribution in [-0.4, -0.2) is 40.3 Å². The van der Waals surface area contributed by atoms with Crippen LogP contribution >= 0.6 is 0 Å². The third-order valence-electron chi connectivity index (χ3n) is 7.84. The van der Waals surface area contributed by atoms with Crippen LogP contribution in [-0.2, 0) is 11.2 Å². The van der Waals surface area contributed by atoms with E-state index in [0.29, 0.717) is 24.2 Å². The van der Waals surface area contributed by atoms with Crippen molar-refractivity contribution in [3.8, 4) is 0 Å². The second-order valence-electron chi connectivity index (χ2n) is 9.95. The van der Waals surface area contributed by atoms with Crippen molar-refractivity contribution in [2.45, 2.75) is 57.5 Å². The van der Waals surface area contributed by atoms with Gasteiger partial charge in [-0.1, -0.05) is 42.0 Å². The van der Waals surface area contributed by atoms with Gasteiger partial charge in [0.2, 0.25) is 0 Å². The van der Waals surface area contributed by atoms with E-state index in [9.17, 15) is 14.4 Å². The number of nitrogens with one attached hydrogen (secondary N) is 2. The topological polar surface area (TPSA) is 85.5 Å². The summed E-state index contributed by atoms with van der Waals surface area (Å²) in [4.78, 5) is 46.8. The second-order valence-corrected chi connectivity index (χ2v) is 9.95. The SMILES string of the molecule is CC1c2[nH]c3ccccc3c2CC2C(=O)N(c3ccccc3C(=O)NCCC3=CCCCC3)C(=O)N21. The Labute approximate surface area is 210 Å². The van der Waals surface area contributed by atoms with E-state index < -0.39 is 6.04 Å². The molecule has 1 aliphatic carbocycles. The van der Waals surface area contributed by atoms with Gasteiger partial charge < -0.3 is 15.2 Å². The number of amides is 4. The van der Waals surface area contributed by atoms with Gasteiger partial charge in [0.1, 0.15) is 6.04 Å². The zero-order valence-electron chi connectivity index (χ0n) is 20.4. The molecule has 7 heteroatoms. The molecule has 1 aromatic heterocycles. The molecule has 0 spiro atoms. The van der Waals surface area contributed by atoms with Crippen molar-refractivity contribution in [3.63, 3.8) is 0 Å². The fraction of sp³-hybridized carbons (Fsp3) is 0.345. The lowest BCUT2D eigenvalue weighted by Gasteiger charge is -2.33. The van der Waals surface area contributed by atoms with E-state index in [4.69, 9.17) is 0 Å². The number of anilines is 1. The van der Waals surface area contributed by atoms with Crippen LogP contribution in [0.5, 0.6) is 0 Å². The molecule has 36 heavy (non-hydrogen) atoms. The third-order valence-corrected chi connectivity index (χ3v) is 7.84. The Balaban J connectivity index is 1.26. The fourth-order valence-electron chi connectivity index (χ4n) is 6.01. The van der Waals surface area contributed by atoms with Crippen molar-refractivity contribution in [2.75, 3.05) is 11.4 Å². The molecule has 2 aliphatic heterocycles. The Morgan fingerprint density at radius 3 is 2.72 bits per heavy atom. The first-order chi connectivity index (χ1) is 17.5. The van der Waals surface area contributed by atoms with Gasteiger partial charge in [0.05, 0.1) is 17.3 Å². The number of urea groups is 1. The number of aromatic nitrogens is 1. The van der Waals surface area contributed by atoms with Crippen molar-refractivity contribution >= 4 is 34.4 Å².